The summed E-state index contributed by atoms with van der Waals surface area (Å²) in [7, 11) is 0. The highest BCUT2D eigenvalue weighted by Crippen LogP contribution is 2.23. The molecule has 0 saturated heterocycles. The zero-order valence-corrected chi connectivity index (χ0v) is 16.4. The fourth-order valence-corrected chi connectivity index (χ4v) is 3.49. The molecule has 2 aromatic rings. The van der Waals surface area contributed by atoms with Gasteiger partial charge in [-0.25, -0.2) is 4.79 Å². The highest BCUT2D eigenvalue weighted by atomic mass is 16.4. The van der Waals surface area contributed by atoms with Gasteiger partial charge in [-0.1, -0.05) is 69.0 Å². The number of carboxylic acid groups (broad SMARTS) is 1. The lowest BCUT2D eigenvalue weighted by atomic mass is 9.99. The standard InChI is InChI=1S/C24H32O3/c1-2-3-6-10-19-15-17-20(18-16-19)11-7-4-5-8-12-21-13-9-14-22(25)23(21)24(26)27/h9,13-18,25H,2-8,10-12H2,1H3,(H,26,27). The first kappa shape index (κ1) is 21.0. The molecule has 0 aromatic heterocycles. The summed E-state index contributed by atoms with van der Waals surface area (Å²) in [6, 6.07) is 14.0. The summed E-state index contributed by atoms with van der Waals surface area (Å²) in [4.78, 5) is 11.3. The second-order valence-corrected chi connectivity index (χ2v) is 7.30. The van der Waals surface area contributed by atoms with Crippen LogP contribution in [0, 0.1) is 0 Å². The van der Waals surface area contributed by atoms with Gasteiger partial charge in [0.15, 0.2) is 0 Å². The molecule has 0 amide bonds. The lowest BCUT2D eigenvalue weighted by Gasteiger charge is -2.08. The van der Waals surface area contributed by atoms with Gasteiger partial charge in [0, 0.05) is 0 Å². The maximum absolute atomic E-state index is 11.3. The number of carboxylic acids is 1. The molecule has 0 aliphatic rings. The molecule has 27 heavy (non-hydrogen) atoms. The molecule has 0 spiro atoms. The molecule has 2 aromatic carbocycles. The van der Waals surface area contributed by atoms with Gasteiger partial charge in [0.25, 0.3) is 0 Å². The van der Waals surface area contributed by atoms with Crippen molar-refractivity contribution in [1.82, 2.24) is 0 Å². The average Bonchev–Trinajstić information content (AvgIpc) is 2.65. The fraction of sp³-hybridized carbons (Fsp3) is 0.458. The van der Waals surface area contributed by atoms with Crippen LogP contribution in [0.3, 0.4) is 0 Å². The van der Waals surface area contributed by atoms with Crippen molar-refractivity contribution in [2.75, 3.05) is 0 Å². The van der Waals surface area contributed by atoms with E-state index in [1.165, 1.54) is 42.9 Å². The van der Waals surface area contributed by atoms with Crippen LogP contribution < -0.4 is 0 Å². The fourth-order valence-electron chi connectivity index (χ4n) is 3.49. The average molecular weight is 369 g/mol. The number of hydrogen-bond acceptors (Lipinski definition) is 2. The van der Waals surface area contributed by atoms with Crippen molar-refractivity contribution in [3.63, 3.8) is 0 Å². The van der Waals surface area contributed by atoms with Crippen LogP contribution in [0.1, 0.15) is 78.9 Å². The van der Waals surface area contributed by atoms with E-state index in [-0.39, 0.29) is 11.3 Å². The summed E-state index contributed by atoms with van der Waals surface area (Å²) in [5, 5.41) is 19.0. The highest BCUT2D eigenvalue weighted by Gasteiger charge is 2.14. The maximum Gasteiger partial charge on any atom is 0.339 e. The third kappa shape index (κ3) is 7.09. The Hall–Kier alpha value is -2.29. The maximum atomic E-state index is 11.3. The molecular formula is C24H32O3. The summed E-state index contributed by atoms with van der Waals surface area (Å²) in [6.45, 7) is 2.23. The Kier molecular flexibility index (Phi) is 8.90. The predicted octanol–water partition coefficient (Wildman–Crippen LogP) is 6.17. The largest absolute Gasteiger partial charge is 0.507 e. The zero-order valence-electron chi connectivity index (χ0n) is 16.4. The van der Waals surface area contributed by atoms with E-state index in [2.05, 4.69) is 31.2 Å². The molecule has 2 rings (SSSR count). The molecule has 3 heteroatoms. The van der Waals surface area contributed by atoms with Gasteiger partial charge in [0.2, 0.25) is 0 Å². The molecule has 0 radical (unpaired) electrons. The third-order valence-electron chi connectivity index (χ3n) is 5.10. The number of benzene rings is 2. The monoisotopic (exact) mass is 368 g/mol. The van der Waals surface area contributed by atoms with E-state index in [9.17, 15) is 15.0 Å². The minimum absolute atomic E-state index is 0.0523. The van der Waals surface area contributed by atoms with Crippen LogP contribution >= 0.6 is 0 Å². The summed E-state index contributed by atoms with van der Waals surface area (Å²) >= 11 is 0. The molecule has 0 aliphatic heterocycles. The zero-order chi connectivity index (χ0) is 19.5. The Labute approximate surface area is 163 Å². The van der Waals surface area contributed by atoms with Crippen molar-refractivity contribution >= 4 is 5.97 Å². The van der Waals surface area contributed by atoms with Crippen LogP contribution in [0.25, 0.3) is 0 Å². The first-order valence-electron chi connectivity index (χ1n) is 10.2. The normalized spacial score (nSPS) is 10.9. The van der Waals surface area contributed by atoms with E-state index < -0.39 is 5.97 Å². The predicted molar refractivity (Wildman–Crippen MR) is 111 cm³/mol. The minimum atomic E-state index is -1.05. The van der Waals surface area contributed by atoms with E-state index in [0.717, 1.165) is 37.7 Å². The van der Waals surface area contributed by atoms with Gasteiger partial charge in [0.1, 0.15) is 11.3 Å². The number of aromatic carboxylic acids is 1. The summed E-state index contributed by atoms with van der Waals surface area (Å²) in [6.07, 6.45) is 11.1. The number of hydrogen-bond donors (Lipinski definition) is 2. The van der Waals surface area contributed by atoms with Crippen LogP contribution in [-0.2, 0) is 19.3 Å². The number of aryl methyl sites for hydroxylation is 3. The van der Waals surface area contributed by atoms with Crippen molar-refractivity contribution in [2.24, 2.45) is 0 Å². The van der Waals surface area contributed by atoms with Crippen molar-refractivity contribution < 1.29 is 15.0 Å². The molecule has 0 heterocycles. The van der Waals surface area contributed by atoms with Crippen LogP contribution in [0.15, 0.2) is 42.5 Å². The summed E-state index contributed by atoms with van der Waals surface area (Å²) in [5.41, 5.74) is 3.61. The molecule has 0 aliphatic carbocycles. The van der Waals surface area contributed by atoms with Crippen molar-refractivity contribution in [2.45, 2.75) is 71.1 Å². The number of carbonyl (C=O) groups is 1. The number of aromatic hydroxyl groups is 1. The van der Waals surface area contributed by atoms with Gasteiger partial charge in [-0.05, 0) is 61.3 Å². The van der Waals surface area contributed by atoms with Gasteiger partial charge in [-0.2, -0.15) is 0 Å². The van der Waals surface area contributed by atoms with Crippen molar-refractivity contribution in [1.29, 1.82) is 0 Å². The SMILES string of the molecule is CCCCCc1ccc(CCCCCCc2cccc(O)c2C(=O)O)cc1. The first-order valence-corrected chi connectivity index (χ1v) is 10.2. The lowest BCUT2D eigenvalue weighted by Crippen LogP contribution is -2.03. The first-order chi connectivity index (χ1) is 13.1. The number of rotatable bonds is 12. The summed E-state index contributed by atoms with van der Waals surface area (Å²) < 4.78 is 0. The Bertz CT molecular complexity index is 704. The highest BCUT2D eigenvalue weighted by molar-refractivity contribution is 5.92. The lowest BCUT2D eigenvalue weighted by molar-refractivity contribution is 0.0692. The molecule has 0 unspecified atom stereocenters. The van der Waals surface area contributed by atoms with Gasteiger partial charge in [-0.3, -0.25) is 0 Å². The van der Waals surface area contributed by atoms with Gasteiger partial charge >= 0.3 is 5.97 Å². The van der Waals surface area contributed by atoms with Gasteiger partial charge < -0.3 is 10.2 Å². The quantitative estimate of drug-likeness (QED) is 0.441. The Morgan fingerprint density at radius 2 is 1.33 bits per heavy atom. The Morgan fingerprint density at radius 1 is 0.778 bits per heavy atom. The van der Waals surface area contributed by atoms with E-state index in [1.54, 1.807) is 12.1 Å². The summed E-state index contributed by atoms with van der Waals surface area (Å²) in [5.74, 6) is -1.20. The number of unbranched alkanes of at least 4 members (excludes halogenated alkanes) is 5. The second-order valence-electron chi connectivity index (χ2n) is 7.30. The van der Waals surface area contributed by atoms with Crippen molar-refractivity contribution in [3.8, 4) is 5.75 Å². The van der Waals surface area contributed by atoms with Gasteiger partial charge in [-0.15, -0.1) is 0 Å². The smallest absolute Gasteiger partial charge is 0.339 e. The van der Waals surface area contributed by atoms with E-state index in [1.807, 2.05) is 0 Å². The van der Waals surface area contributed by atoms with Gasteiger partial charge in [0.05, 0.1) is 0 Å². The molecule has 2 N–H and O–H groups in total. The Morgan fingerprint density at radius 3 is 1.89 bits per heavy atom. The topological polar surface area (TPSA) is 57.5 Å². The molecular weight excluding hydrogens is 336 g/mol. The van der Waals surface area contributed by atoms with E-state index in [0.29, 0.717) is 6.42 Å². The molecule has 0 atom stereocenters. The molecule has 146 valence electrons. The van der Waals surface area contributed by atoms with Crippen molar-refractivity contribution in [3.05, 3.63) is 64.7 Å². The molecule has 0 fully saturated rings. The van der Waals surface area contributed by atoms with E-state index >= 15 is 0 Å². The number of phenols is 1. The Balaban J connectivity index is 1.66. The molecule has 0 bridgehead atoms. The van der Waals surface area contributed by atoms with Crippen LogP contribution in [-0.4, -0.2) is 16.2 Å². The minimum Gasteiger partial charge on any atom is -0.507 e. The van der Waals surface area contributed by atoms with Crippen LogP contribution in [0.5, 0.6) is 5.75 Å². The van der Waals surface area contributed by atoms with Crippen LogP contribution in [0.4, 0.5) is 0 Å². The third-order valence-corrected chi connectivity index (χ3v) is 5.10. The van der Waals surface area contributed by atoms with E-state index in [4.69, 9.17) is 0 Å². The van der Waals surface area contributed by atoms with Crippen LogP contribution in [0.2, 0.25) is 0 Å². The second kappa shape index (κ2) is 11.4. The molecule has 3 nitrogen and oxygen atoms in total. The molecule has 0 saturated carbocycles.